The molecule has 0 bridgehead atoms. The van der Waals surface area contributed by atoms with Gasteiger partial charge in [0.25, 0.3) is 5.91 Å². The highest BCUT2D eigenvalue weighted by atomic mass is 32.1. The van der Waals surface area contributed by atoms with Gasteiger partial charge in [0.2, 0.25) is 0 Å². The zero-order chi connectivity index (χ0) is 20.4. The van der Waals surface area contributed by atoms with Crippen LogP contribution in [-0.4, -0.2) is 54.6 Å². The number of amides is 1. The Morgan fingerprint density at radius 1 is 1.31 bits per heavy atom. The second kappa shape index (κ2) is 6.35. The Hall–Kier alpha value is -2.81. The number of H-pyrrole nitrogens is 1. The average molecular weight is 412 g/mol. The van der Waals surface area contributed by atoms with Gasteiger partial charge in [-0.15, -0.1) is 0 Å². The number of nitrogens with zero attached hydrogens (tertiary/aromatic N) is 5. The first-order valence-electron chi connectivity index (χ1n) is 9.60. The topological polar surface area (TPSA) is 79.2 Å². The highest BCUT2D eigenvalue weighted by Gasteiger charge is 2.33. The van der Waals surface area contributed by atoms with E-state index in [1.165, 1.54) is 16.2 Å². The lowest BCUT2D eigenvalue weighted by atomic mass is 9.96. The van der Waals surface area contributed by atoms with E-state index in [0.717, 1.165) is 43.9 Å². The van der Waals surface area contributed by atoms with E-state index in [1.54, 1.807) is 10.8 Å². The van der Waals surface area contributed by atoms with Crippen LogP contribution in [0, 0.1) is 13.8 Å². The van der Waals surface area contributed by atoms with Crippen molar-refractivity contribution >= 4 is 33.2 Å². The minimum atomic E-state index is -0.917. The smallest absolute Gasteiger partial charge is 0.283 e. The van der Waals surface area contributed by atoms with Crippen LogP contribution in [0.15, 0.2) is 12.5 Å². The first-order valence-corrected chi connectivity index (χ1v) is 10.4. The molecule has 0 saturated carbocycles. The number of thiazole rings is 1. The number of hydrogen-bond acceptors (Lipinski definition) is 5. The van der Waals surface area contributed by atoms with Crippen LogP contribution in [0.5, 0.6) is 0 Å². The molecule has 5 rings (SSSR count). The third-order valence-electron chi connectivity index (χ3n) is 5.67. The number of fused-ring (bicyclic) bond motifs is 2. The molecule has 1 N–H and O–H groups in total. The van der Waals surface area contributed by atoms with Gasteiger partial charge in [0.15, 0.2) is 10.7 Å². The molecule has 4 aromatic rings. The van der Waals surface area contributed by atoms with Crippen molar-refractivity contribution in [2.24, 2.45) is 0 Å². The lowest BCUT2D eigenvalue weighted by Gasteiger charge is -2.33. The van der Waals surface area contributed by atoms with Crippen molar-refractivity contribution in [1.82, 2.24) is 29.5 Å². The molecule has 9 heteroatoms. The molecule has 1 aliphatic heterocycles. The Kier molecular flexibility index (Phi) is 3.99. The molecule has 1 amide bonds. The molecule has 0 spiro atoms. The number of pyridine rings is 1. The number of alkyl halides is 1. The van der Waals surface area contributed by atoms with Crippen molar-refractivity contribution < 1.29 is 9.18 Å². The van der Waals surface area contributed by atoms with Crippen molar-refractivity contribution in [2.75, 3.05) is 13.1 Å². The number of aromatic nitrogens is 5. The van der Waals surface area contributed by atoms with Gasteiger partial charge in [0, 0.05) is 17.3 Å². The summed E-state index contributed by atoms with van der Waals surface area (Å²) in [6.07, 6.45) is 2.62. The van der Waals surface area contributed by atoms with Crippen molar-refractivity contribution in [3.8, 4) is 11.3 Å². The molecule has 5 heterocycles. The van der Waals surface area contributed by atoms with E-state index in [-0.39, 0.29) is 24.9 Å². The van der Waals surface area contributed by atoms with Gasteiger partial charge in [-0.2, -0.15) is 5.10 Å². The van der Waals surface area contributed by atoms with Crippen LogP contribution in [-0.2, 0) is 0 Å². The van der Waals surface area contributed by atoms with E-state index in [4.69, 9.17) is 0 Å². The van der Waals surface area contributed by atoms with E-state index in [2.05, 4.69) is 40.8 Å². The highest BCUT2D eigenvalue weighted by molar-refractivity contribution is 7.20. The molecule has 4 aromatic heterocycles. The van der Waals surface area contributed by atoms with Gasteiger partial charge in [0.05, 0.1) is 18.8 Å². The summed E-state index contributed by atoms with van der Waals surface area (Å²) in [5.41, 5.74) is 6.99. The van der Waals surface area contributed by atoms with Crippen LogP contribution in [0.25, 0.3) is 27.3 Å². The lowest BCUT2D eigenvalue weighted by molar-refractivity contribution is 0.0400. The van der Waals surface area contributed by atoms with Crippen LogP contribution in [0.3, 0.4) is 0 Å². The molecular weight excluding hydrogens is 391 g/mol. The van der Waals surface area contributed by atoms with Gasteiger partial charge in [-0.05, 0) is 30.9 Å². The molecule has 150 valence electrons. The molecule has 1 aliphatic rings. The fourth-order valence-corrected chi connectivity index (χ4v) is 4.88. The standard InChI is InChI=1S/C20H21FN6OS/c1-9(2)14-15(13-7-27-17(22-8-23-27)11(4)10(13)3)24-18-16(14)25-19(29-18)20(28)26-5-12(21)6-26/h7-9,12,24H,5-6H2,1-4H3. The number of likely N-dealkylation sites (tertiary alicyclic amines) is 1. The maximum atomic E-state index is 13.1. The van der Waals surface area contributed by atoms with Crippen LogP contribution < -0.4 is 0 Å². The average Bonchev–Trinajstić information content (AvgIpc) is 3.34. The quantitative estimate of drug-likeness (QED) is 0.554. The molecule has 0 aliphatic carbocycles. The Bertz CT molecular complexity index is 1260. The van der Waals surface area contributed by atoms with Gasteiger partial charge < -0.3 is 9.88 Å². The molecule has 1 fully saturated rings. The molecule has 0 unspecified atom stereocenters. The summed E-state index contributed by atoms with van der Waals surface area (Å²) in [5.74, 6) is 0.00926. The summed E-state index contributed by atoms with van der Waals surface area (Å²) in [6, 6.07) is 0. The number of aromatic amines is 1. The highest BCUT2D eigenvalue weighted by Crippen LogP contribution is 2.39. The lowest BCUT2D eigenvalue weighted by Crippen LogP contribution is -2.51. The first kappa shape index (κ1) is 18.2. The predicted molar refractivity (Wildman–Crippen MR) is 110 cm³/mol. The predicted octanol–water partition coefficient (Wildman–Crippen LogP) is 3.87. The fourth-order valence-electron chi connectivity index (χ4n) is 3.93. The summed E-state index contributed by atoms with van der Waals surface area (Å²) in [5, 5.41) is 4.71. The number of hydrogen-bond donors (Lipinski definition) is 1. The number of halogens is 1. The van der Waals surface area contributed by atoms with Crippen molar-refractivity contribution in [1.29, 1.82) is 0 Å². The second-order valence-electron chi connectivity index (χ2n) is 7.89. The van der Waals surface area contributed by atoms with Gasteiger partial charge in [0.1, 0.15) is 22.8 Å². The van der Waals surface area contributed by atoms with Crippen molar-refractivity contribution in [3.63, 3.8) is 0 Å². The van der Waals surface area contributed by atoms with Crippen LogP contribution in [0.1, 0.15) is 46.3 Å². The Morgan fingerprint density at radius 2 is 2.07 bits per heavy atom. The minimum absolute atomic E-state index is 0.158. The van der Waals surface area contributed by atoms with E-state index < -0.39 is 6.17 Å². The van der Waals surface area contributed by atoms with Gasteiger partial charge in [-0.25, -0.2) is 18.9 Å². The SMILES string of the molecule is Cc1c(-c2[nH]c3sc(C(=O)N4CC(F)C4)nc3c2C(C)C)cn2ncnc2c1C. The molecule has 0 atom stereocenters. The minimum Gasteiger partial charge on any atom is -0.345 e. The number of aryl methyl sites for hydroxylation is 1. The zero-order valence-corrected chi connectivity index (χ0v) is 17.5. The fraction of sp³-hybridized carbons (Fsp3) is 0.400. The third-order valence-corrected chi connectivity index (χ3v) is 6.63. The van der Waals surface area contributed by atoms with Crippen LogP contribution in [0.4, 0.5) is 4.39 Å². The largest absolute Gasteiger partial charge is 0.345 e. The molecule has 7 nitrogen and oxygen atoms in total. The first-order chi connectivity index (χ1) is 13.8. The summed E-state index contributed by atoms with van der Waals surface area (Å²) in [4.78, 5) is 27.4. The van der Waals surface area contributed by atoms with Gasteiger partial charge >= 0.3 is 0 Å². The van der Waals surface area contributed by atoms with E-state index in [1.807, 2.05) is 13.1 Å². The number of carbonyl (C=O) groups is 1. The maximum Gasteiger partial charge on any atom is 0.283 e. The van der Waals surface area contributed by atoms with Gasteiger partial charge in [-0.3, -0.25) is 4.79 Å². The Balaban J connectivity index is 1.65. The van der Waals surface area contributed by atoms with Crippen LogP contribution >= 0.6 is 11.3 Å². The number of carbonyl (C=O) groups excluding carboxylic acids is 1. The zero-order valence-electron chi connectivity index (χ0n) is 16.7. The summed E-state index contributed by atoms with van der Waals surface area (Å²) in [7, 11) is 0. The molecule has 0 radical (unpaired) electrons. The number of rotatable bonds is 3. The monoisotopic (exact) mass is 412 g/mol. The van der Waals surface area contributed by atoms with Crippen LogP contribution in [0.2, 0.25) is 0 Å². The van der Waals surface area contributed by atoms with E-state index in [0.29, 0.717) is 5.01 Å². The molecule has 29 heavy (non-hydrogen) atoms. The number of nitrogens with one attached hydrogen (secondary N) is 1. The molecule has 0 aromatic carbocycles. The summed E-state index contributed by atoms with van der Waals surface area (Å²) >= 11 is 1.33. The third kappa shape index (κ3) is 2.67. The van der Waals surface area contributed by atoms with Gasteiger partial charge in [-0.1, -0.05) is 25.2 Å². The molecular formula is C20H21FN6OS. The summed E-state index contributed by atoms with van der Waals surface area (Å²) in [6.45, 7) is 8.68. The van der Waals surface area contributed by atoms with Crippen molar-refractivity contribution in [3.05, 3.63) is 34.2 Å². The Morgan fingerprint density at radius 3 is 2.76 bits per heavy atom. The van der Waals surface area contributed by atoms with E-state index in [9.17, 15) is 9.18 Å². The maximum absolute atomic E-state index is 13.1. The normalized spacial score (nSPS) is 15.0. The Labute approximate surface area is 170 Å². The van der Waals surface area contributed by atoms with E-state index >= 15 is 0 Å². The molecule has 1 saturated heterocycles. The van der Waals surface area contributed by atoms with Crippen molar-refractivity contribution in [2.45, 2.75) is 39.8 Å². The second-order valence-corrected chi connectivity index (χ2v) is 8.89. The summed E-state index contributed by atoms with van der Waals surface area (Å²) < 4.78 is 14.9.